The van der Waals surface area contributed by atoms with E-state index in [4.69, 9.17) is 0 Å². The molecule has 0 saturated heterocycles. The molecular formula is C15H16O2S2. The zero-order valence-corrected chi connectivity index (χ0v) is 12.3. The van der Waals surface area contributed by atoms with Crippen molar-refractivity contribution in [3.8, 4) is 0 Å². The number of thioether (sulfide) groups is 1. The third-order valence-corrected chi connectivity index (χ3v) is 5.79. The summed E-state index contributed by atoms with van der Waals surface area (Å²) in [6.45, 7) is 0. The standard InChI is InChI=1S/C15H16O2S2/c1-19(16,17)12-18-15(13-8-4-2-5-9-13)14-10-6-3-7-11-14/h2-11,15H,12H2,1H3. The summed E-state index contributed by atoms with van der Waals surface area (Å²) < 4.78 is 22.8. The van der Waals surface area contributed by atoms with Gasteiger partial charge in [-0.25, -0.2) is 8.42 Å². The Bertz CT molecular complexity index is 568. The van der Waals surface area contributed by atoms with Gasteiger partial charge in [-0.15, -0.1) is 11.8 Å². The van der Waals surface area contributed by atoms with Crippen molar-refractivity contribution < 1.29 is 8.42 Å². The van der Waals surface area contributed by atoms with Crippen LogP contribution in [-0.4, -0.2) is 19.8 Å². The molecule has 2 aromatic rings. The SMILES string of the molecule is CS(=O)(=O)CSC(c1ccccc1)c1ccccc1. The lowest BCUT2D eigenvalue weighted by atomic mass is 10.0. The summed E-state index contributed by atoms with van der Waals surface area (Å²) >= 11 is 1.45. The second-order valence-electron chi connectivity index (χ2n) is 4.41. The Labute approximate surface area is 118 Å². The van der Waals surface area contributed by atoms with E-state index in [1.54, 1.807) is 0 Å². The van der Waals surface area contributed by atoms with Crippen molar-refractivity contribution in [2.75, 3.05) is 11.3 Å². The van der Waals surface area contributed by atoms with E-state index in [1.165, 1.54) is 18.0 Å². The molecule has 0 aliphatic heterocycles. The number of benzene rings is 2. The molecule has 0 aromatic heterocycles. The largest absolute Gasteiger partial charge is 0.228 e. The lowest BCUT2D eigenvalue weighted by Gasteiger charge is -2.17. The van der Waals surface area contributed by atoms with E-state index >= 15 is 0 Å². The Morgan fingerprint density at radius 3 is 1.68 bits per heavy atom. The molecule has 0 heterocycles. The lowest BCUT2D eigenvalue weighted by Crippen LogP contribution is -2.04. The Morgan fingerprint density at radius 1 is 0.895 bits per heavy atom. The van der Waals surface area contributed by atoms with Crippen LogP contribution in [0.3, 0.4) is 0 Å². The maximum absolute atomic E-state index is 11.4. The molecule has 19 heavy (non-hydrogen) atoms. The Kier molecular flexibility index (Phi) is 4.66. The van der Waals surface area contributed by atoms with Gasteiger partial charge >= 0.3 is 0 Å². The molecule has 0 saturated carbocycles. The molecule has 2 nitrogen and oxygen atoms in total. The third kappa shape index (κ3) is 4.40. The Morgan fingerprint density at radius 2 is 1.32 bits per heavy atom. The summed E-state index contributed by atoms with van der Waals surface area (Å²) in [5.41, 5.74) is 2.25. The highest BCUT2D eigenvalue weighted by Gasteiger charge is 2.16. The molecule has 0 amide bonds. The summed E-state index contributed by atoms with van der Waals surface area (Å²) in [5, 5.41) is 0.179. The van der Waals surface area contributed by atoms with E-state index in [9.17, 15) is 8.42 Å². The van der Waals surface area contributed by atoms with E-state index in [1.807, 2.05) is 60.7 Å². The minimum Gasteiger partial charge on any atom is -0.228 e. The third-order valence-electron chi connectivity index (χ3n) is 2.65. The van der Waals surface area contributed by atoms with Crippen molar-refractivity contribution in [1.82, 2.24) is 0 Å². The van der Waals surface area contributed by atoms with Gasteiger partial charge in [0.15, 0.2) is 9.84 Å². The first kappa shape index (κ1) is 14.2. The fourth-order valence-electron chi connectivity index (χ4n) is 1.83. The molecule has 2 rings (SSSR count). The van der Waals surface area contributed by atoms with Gasteiger partial charge in [0.1, 0.15) is 0 Å². The highest BCUT2D eigenvalue weighted by Crippen LogP contribution is 2.35. The fourth-order valence-corrected chi connectivity index (χ4v) is 4.06. The molecule has 0 N–H and O–H groups in total. The van der Waals surface area contributed by atoms with Crippen molar-refractivity contribution >= 4 is 21.6 Å². The number of sulfone groups is 1. The average molecular weight is 292 g/mol. The van der Waals surface area contributed by atoms with Crippen LogP contribution in [0, 0.1) is 0 Å². The lowest BCUT2D eigenvalue weighted by molar-refractivity contribution is 0.606. The van der Waals surface area contributed by atoms with E-state index in [2.05, 4.69) is 0 Å². The summed E-state index contributed by atoms with van der Waals surface area (Å²) in [7, 11) is -2.97. The number of rotatable bonds is 5. The molecule has 0 aliphatic rings. The molecule has 0 spiro atoms. The second kappa shape index (κ2) is 6.26. The van der Waals surface area contributed by atoms with Crippen LogP contribution in [0.15, 0.2) is 60.7 Å². The van der Waals surface area contributed by atoms with Crippen molar-refractivity contribution in [3.63, 3.8) is 0 Å². The first-order chi connectivity index (χ1) is 9.06. The van der Waals surface area contributed by atoms with Crippen LogP contribution in [0.25, 0.3) is 0 Å². The summed E-state index contributed by atoms with van der Waals surface area (Å²) in [6.07, 6.45) is 1.27. The fraction of sp³-hybridized carbons (Fsp3) is 0.200. The van der Waals surface area contributed by atoms with Gasteiger partial charge in [-0.1, -0.05) is 60.7 Å². The van der Waals surface area contributed by atoms with Gasteiger partial charge in [-0.2, -0.15) is 0 Å². The van der Waals surface area contributed by atoms with Crippen LogP contribution < -0.4 is 0 Å². The summed E-state index contributed by atoms with van der Waals surface area (Å²) in [6, 6.07) is 20.0. The molecule has 0 fully saturated rings. The van der Waals surface area contributed by atoms with Gasteiger partial charge in [0.2, 0.25) is 0 Å². The molecule has 2 aromatic carbocycles. The zero-order valence-electron chi connectivity index (χ0n) is 10.7. The minimum absolute atomic E-state index is 0.0529. The van der Waals surface area contributed by atoms with Crippen molar-refractivity contribution in [3.05, 3.63) is 71.8 Å². The monoisotopic (exact) mass is 292 g/mol. The van der Waals surface area contributed by atoms with Crippen molar-refractivity contribution in [2.24, 2.45) is 0 Å². The quantitative estimate of drug-likeness (QED) is 0.845. The second-order valence-corrected chi connectivity index (χ2v) is 8.01. The maximum Gasteiger partial charge on any atom is 0.156 e. The van der Waals surface area contributed by atoms with Crippen LogP contribution in [0.5, 0.6) is 0 Å². The van der Waals surface area contributed by atoms with E-state index < -0.39 is 9.84 Å². The molecule has 4 heteroatoms. The van der Waals surface area contributed by atoms with Gasteiger partial charge in [0, 0.05) is 6.26 Å². The van der Waals surface area contributed by atoms with Crippen LogP contribution in [0.4, 0.5) is 0 Å². The highest BCUT2D eigenvalue weighted by atomic mass is 32.3. The van der Waals surface area contributed by atoms with E-state index in [-0.39, 0.29) is 10.3 Å². The normalized spacial score (nSPS) is 11.7. The predicted octanol–water partition coefficient (Wildman–Crippen LogP) is 3.51. The molecule has 0 unspecified atom stereocenters. The van der Waals surface area contributed by atoms with Gasteiger partial charge in [-0.3, -0.25) is 0 Å². The molecule has 100 valence electrons. The Balaban J connectivity index is 2.29. The van der Waals surface area contributed by atoms with Crippen molar-refractivity contribution in [1.29, 1.82) is 0 Å². The van der Waals surface area contributed by atoms with Crippen LogP contribution in [-0.2, 0) is 9.84 Å². The summed E-state index contributed by atoms with van der Waals surface area (Å²) in [4.78, 5) is 0. The molecule has 0 atom stereocenters. The first-order valence-electron chi connectivity index (χ1n) is 5.95. The molecule has 0 aliphatic carbocycles. The molecule has 0 bridgehead atoms. The summed E-state index contributed by atoms with van der Waals surface area (Å²) in [5.74, 6) is 0. The topological polar surface area (TPSA) is 34.1 Å². The Hall–Kier alpha value is -1.26. The smallest absolute Gasteiger partial charge is 0.156 e. The van der Waals surface area contributed by atoms with Gasteiger partial charge in [0.25, 0.3) is 0 Å². The number of hydrogen-bond donors (Lipinski definition) is 0. The maximum atomic E-state index is 11.4. The van der Waals surface area contributed by atoms with Gasteiger partial charge in [0.05, 0.1) is 10.3 Å². The predicted molar refractivity (Wildman–Crippen MR) is 82.0 cm³/mol. The van der Waals surface area contributed by atoms with Crippen molar-refractivity contribution in [2.45, 2.75) is 5.25 Å². The van der Waals surface area contributed by atoms with Crippen LogP contribution in [0.2, 0.25) is 0 Å². The van der Waals surface area contributed by atoms with Crippen LogP contribution >= 0.6 is 11.8 Å². The highest BCUT2D eigenvalue weighted by molar-refractivity contribution is 8.12. The molecular weight excluding hydrogens is 276 g/mol. The average Bonchev–Trinajstić information content (AvgIpc) is 2.40. The number of hydrogen-bond acceptors (Lipinski definition) is 3. The van der Waals surface area contributed by atoms with E-state index in [0.717, 1.165) is 11.1 Å². The van der Waals surface area contributed by atoms with Gasteiger partial charge in [-0.05, 0) is 11.1 Å². The minimum atomic E-state index is -2.97. The first-order valence-corrected chi connectivity index (χ1v) is 9.06. The van der Waals surface area contributed by atoms with E-state index in [0.29, 0.717) is 0 Å². The molecule has 0 radical (unpaired) electrons. The van der Waals surface area contributed by atoms with Crippen LogP contribution in [0.1, 0.15) is 16.4 Å². The zero-order chi connectivity index (χ0) is 13.7. The van der Waals surface area contributed by atoms with Gasteiger partial charge < -0.3 is 0 Å².